The van der Waals surface area contributed by atoms with Crippen LogP contribution in [0.3, 0.4) is 0 Å². The van der Waals surface area contributed by atoms with E-state index in [9.17, 15) is 13.2 Å². The smallest absolute Gasteiger partial charge is 0.261 e. The zero-order valence-corrected chi connectivity index (χ0v) is 18.2. The van der Waals surface area contributed by atoms with Gasteiger partial charge >= 0.3 is 0 Å². The normalized spacial score (nSPS) is 11.0. The summed E-state index contributed by atoms with van der Waals surface area (Å²) in [6, 6.07) is 21.8. The first-order chi connectivity index (χ1) is 15.0. The van der Waals surface area contributed by atoms with Crippen LogP contribution in [0.5, 0.6) is 5.75 Å². The van der Waals surface area contributed by atoms with Crippen molar-refractivity contribution in [3.63, 3.8) is 0 Å². The maximum atomic E-state index is 12.7. The largest absolute Gasteiger partial charge is 0.493 e. The number of hydrogen-bond donors (Lipinski definition) is 2. The molecular weight excluding hydrogens is 412 g/mol. The molecule has 3 aromatic carbocycles. The van der Waals surface area contributed by atoms with Crippen LogP contribution in [0.1, 0.15) is 36.5 Å². The standard InChI is InChI=1S/C24H26N2O4S/c1-2-3-9-18-30-23-13-8-7-12-22(23)24(27)25-19-14-16-21(17-15-19)31(28,29)26-20-10-5-4-6-11-20/h4-8,10-17,26H,2-3,9,18H2,1H3,(H,25,27). The molecule has 0 saturated carbocycles. The van der Waals surface area contributed by atoms with Crippen LogP contribution >= 0.6 is 0 Å². The van der Waals surface area contributed by atoms with E-state index in [1.165, 1.54) is 12.1 Å². The Labute approximate surface area is 183 Å². The summed E-state index contributed by atoms with van der Waals surface area (Å²) in [7, 11) is -3.72. The second-order valence-corrected chi connectivity index (χ2v) is 8.68. The zero-order valence-electron chi connectivity index (χ0n) is 17.4. The zero-order chi connectivity index (χ0) is 22.1. The van der Waals surface area contributed by atoms with Gasteiger partial charge in [-0.1, -0.05) is 50.1 Å². The van der Waals surface area contributed by atoms with E-state index in [1.807, 2.05) is 12.1 Å². The molecule has 31 heavy (non-hydrogen) atoms. The molecule has 6 nitrogen and oxygen atoms in total. The highest BCUT2D eigenvalue weighted by atomic mass is 32.2. The van der Waals surface area contributed by atoms with Gasteiger partial charge < -0.3 is 10.1 Å². The first-order valence-corrected chi connectivity index (χ1v) is 11.7. The van der Waals surface area contributed by atoms with Crippen LogP contribution in [0, 0.1) is 0 Å². The average molecular weight is 439 g/mol. The molecule has 0 saturated heterocycles. The number of para-hydroxylation sites is 2. The molecule has 3 aromatic rings. The molecule has 0 radical (unpaired) electrons. The van der Waals surface area contributed by atoms with Crippen molar-refractivity contribution >= 4 is 27.3 Å². The van der Waals surface area contributed by atoms with Crippen molar-refractivity contribution in [1.29, 1.82) is 0 Å². The Morgan fingerprint density at radius 3 is 2.23 bits per heavy atom. The van der Waals surface area contributed by atoms with Crippen molar-refractivity contribution < 1.29 is 17.9 Å². The van der Waals surface area contributed by atoms with Crippen LogP contribution in [0.2, 0.25) is 0 Å². The number of ether oxygens (including phenoxy) is 1. The van der Waals surface area contributed by atoms with Crippen molar-refractivity contribution in [3.8, 4) is 5.75 Å². The predicted molar refractivity (Wildman–Crippen MR) is 123 cm³/mol. The van der Waals surface area contributed by atoms with E-state index in [-0.39, 0.29) is 10.8 Å². The third-order valence-electron chi connectivity index (χ3n) is 4.59. The topological polar surface area (TPSA) is 84.5 Å². The molecule has 0 fully saturated rings. The minimum absolute atomic E-state index is 0.106. The fourth-order valence-corrected chi connectivity index (χ4v) is 4.01. The summed E-state index contributed by atoms with van der Waals surface area (Å²) in [6.45, 7) is 2.68. The molecule has 0 spiro atoms. The lowest BCUT2D eigenvalue weighted by Gasteiger charge is -2.12. The molecule has 0 aliphatic carbocycles. The number of anilines is 2. The molecule has 162 valence electrons. The minimum Gasteiger partial charge on any atom is -0.493 e. The van der Waals surface area contributed by atoms with Crippen LogP contribution in [0.15, 0.2) is 83.8 Å². The number of sulfonamides is 1. The van der Waals surface area contributed by atoms with Gasteiger partial charge in [-0.3, -0.25) is 9.52 Å². The van der Waals surface area contributed by atoms with E-state index in [4.69, 9.17) is 4.74 Å². The summed E-state index contributed by atoms with van der Waals surface area (Å²) in [5, 5.41) is 2.79. The number of benzene rings is 3. The predicted octanol–water partition coefficient (Wildman–Crippen LogP) is 5.31. The molecular formula is C24H26N2O4S. The summed E-state index contributed by atoms with van der Waals surface area (Å²) < 4.78 is 33.4. The van der Waals surface area contributed by atoms with E-state index >= 15 is 0 Å². The van der Waals surface area contributed by atoms with Crippen LogP contribution in [0.25, 0.3) is 0 Å². The Bertz CT molecular complexity index is 1100. The van der Waals surface area contributed by atoms with Crippen molar-refractivity contribution in [1.82, 2.24) is 0 Å². The minimum atomic E-state index is -3.72. The molecule has 2 N–H and O–H groups in total. The summed E-state index contributed by atoms with van der Waals surface area (Å²) in [5.41, 5.74) is 1.40. The lowest BCUT2D eigenvalue weighted by molar-refractivity contribution is 0.102. The number of carbonyl (C=O) groups excluding carboxylic acids is 1. The highest BCUT2D eigenvalue weighted by Crippen LogP contribution is 2.22. The van der Waals surface area contributed by atoms with Crippen molar-refractivity contribution in [2.45, 2.75) is 31.1 Å². The second-order valence-electron chi connectivity index (χ2n) is 7.00. The van der Waals surface area contributed by atoms with Crippen LogP contribution in [-0.4, -0.2) is 20.9 Å². The van der Waals surface area contributed by atoms with Crippen LogP contribution in [-0.2, 0) is 10.0 Å². The molecule has 0 unspecified atom stereocenters. The van der Waals surface area contributed by atoms with Gasteiger partial charge in [-0.15, -0.1) is 0 Å². The fraction of sp³-hybridized carbons (Fsp3) is 0.208. The number of hydrogen-bond acceptors (Lipinski definition) is 4. The lowest BCUT2D eigenvalue weighted by atomic mass is 10.2. The van der Waals surface area contributed by atoms with Crippen LogP contribution in [0.4, 0.5) is 11.4 Å². The van der Waals surface area contributed by atoms with Gasteiger partial charge in [0.2, 0.25) is 0 Å². The van der Waals surface area contributed by atoms with E-state index in [1.54, 1.807) is 54.6 Å². The van der Waals surface area contributed by atoms with Gasteiger partial charge in [-0.2, -0.15) is 0 Å². The molecule has 3 rings (SSSR count). The molecule has 0 atom stereocenters. The third kappa shape index (κ3) is 6.33. The molecule has 0 aromatic heterocycles. The molecule has 0 aliphatic rings. The van der Waals surface area contributed by atoms with Crippen LogP contribution < -0.4 is 14.8 Å². The summed E-state index contributed by atoms with van der Waals surface area (Å²) in [4.78, 5) is 12.8. The van der Waals surface area contributed by atoms with Gasteiger partial charge in [0.1, 0.15) is 5.75 Å². The van der Waals surface area contributed by atoms with E-state index in [2.05, 4.69) is 17.0 Å². The Hall–Kier alpha value is -3.32. The molecule has 7 heteroatoms. The van der Waals surface area contributed by atoms with Gasteiger partial charge in [-0.25, -0.2) is 8.42 Å². The highest BCUT2D eigenvalue weighted by Gasteiger charge is 2.16. The van der Waals surface area contributed by atoms with Gasteiger partial charge in [0.05, 0.1) is 17.1 Å². The highest BCUT2D eigenvalue weighted by molar-refractivity contribution is 7.92. The molecule has 0 heterocycles. The number of unbranched alkanes of at least 4 members (excludes halogenated alkanes) is 2. The van der Waals surface area contributed by atoms with Gasteiger partial charge in [0.15, 0.2) is 0 Å². The average Bonchev–Trinajstić information content (AvgIpc) is 2.78. The summed E-state index contributed by atoms with van der Waals surface area (Å²) in [6.07, 6.45) is 3.10. The lowest BCUT2D eigenvalue weighted by Crippen LogP contribution is -2.15. The first kappa shape index (κ1) is 22.4. The van der Waals surface area contributed by atoms with E-state index < -0.39 is 10.0 Å². The van der Waals surface area contributed by atoms with E-state index in [0.29, 0.717) is 29.3 Å². The molecule has 1 amide bonds. The second kappa shape index (κ2) is 10.6. The number of amides is 1. The number of rotatable bonds is 10. The van der Waals surface area contributed by atoms with Crippen molar-refractivity contribution in [2.75, 3.05) is 16.6 Å². The number of nitrogens with one attached hydrogen (secondary N) is 2. The Kier molecular flexibility index (Phi) is 7.67. The first-order valence-electron chi connectivity index (χ1n) is 10.2. The molecule has 0 aliphatic heterocycles. The monoisotopic (exact) mass is 438 g/mol. The number of carbonyl (C=O) groups is 1. The summed E-state index contributed by atoms with van der Waals surface area (Å²) in [5.74, 6) is 0.214. The van der Waals surface area contributed by atoms with Crippen molar-refractivity contribution in [3.05, 3.63) is 84.4 Å². The summed E-state index contributed by atoms with van der Waals surface area (Å²) >= 11 is 0. The Morgan fingerprint density at radius 2 is 1.52 bits per heavy atom. The fourth-order valence-electron chi connectivity index (χ4n) is 2.95. The van der Waals surface area contributed by atoms with Crippen molar-refractivity contribution in [2.24, 2.45) is 0 Å². The van der Waals surface area contributed by atoms with Gasteiger partial charge in [0.25, 0.3) is 15.9 Å². The third-order valence-corrected chi connectivity index (χ3v) is 5.98. The quantitative estimate of drug-likeness (QED) is 0.420. The maximum Gasteiger partial charge on any atom is 0.261 e. The van der Waals surface area contributed by atoms with E-state index in [0.717, 1.165) is 19.3 Å². The SMILES string of the molecule is CCCCCOc1ccccc1C(=O)Nc1ccc(S(=O)(=O)Nc2ccccc2)cc1. The van der Waals surface area contributed by atoms with Gasteiger partial charge in [-0.05, 0) is 55.0 Å². The molecule has 0 bridgehead atoms. The Balaban J connectivity index is 1.67. The Morgan fingerprint density at radius 1 is 0.839 bits per heavy atom. The van der Waals surface area contributed by atoms with Gasteiger partial charge in [0, 0.05) is 11.4 Å². The maximum absolute atomic E-state index is 12.7.